The molecular weight excluding hydrogens is 411 g/mol. The predicted octanol–water partition coefficient (Wildman–Crippen LogP) is 1.90. The average molecular weight is 443 g/mol. The Morgan fingerprint density at radius 2 is 1.91 bits per heavy atom. The van der Waals surface area contributed by atoms with Crippen molar-refractivity contribution >= 4 is 11.8 Å². The Kier molecular flexibility index (Phi) is 8.19. The van der Waals surface area contributed by atoms with Gasteiger partial charge in [0.15, 0.2) is 0 Å². The number of ether oxygens (including phenoxy) is 1. The molecule has 2 atom stereocenters. The summed E-state index contributed by atoms with van der Waals surface area (Å²) in [6.45, 7) is 3.80. The standard InChI is InChI=1S/C24H31FN4O3/c1-17(30)29-16-21(13-23(29)24(31)27-11-10-26)28(14-18-6-8-20(25)9-7-18)15-19-4-3-5-22(12-19)32-2/h3-9,12,21,23H,10-11,13-16,26H2,1-2H3,(H,27,31). The molecule has 0 bridgehead atoms. The Balaban J connectivity index is 1.84. The SMILES string of the molecule is COc1cccc(CN(Cc2ccc(F)cc2)C2CC(C(=O)NCCN)N(C(C)=O)C2)c1. The predicted molar refractivity (Wildman–Crippen MR) is 120 cm³/mol. The zero-order valence-electron chi connectivity index (χ0n) is 18.6. The summed E-state index contributed by atoms with van der Waals surface area (Å²) in [5, 5.41) is 2.80. The van der Waals surface area contributed by atoms with Crippen LogP contribution in [0.15, 0.2) is 48.5 Å². The van der Waals surface area contributed by atoms with Gasteiger partial charge in [0.25, 0.3) is 0 Å². The van der Waals surface area contributed by atoms with E-state index < -0.39 is 6.04 Å². The van der Waals surface area contributed by atoms with Crippen LogP contribution in [0.25, 0.3) is 0 Å². The normalized spacial score (nSPS) is 18.1. The highest BCUT2D eigenvalue weighted by Gasteiger charge is 2.40. The minimum absolute atomic E-state index is 0.0382. The number of hydrogen-bond donors (Lipinski definition) is 2. The highest BCUT2D eigenvalue weighted by molar-refractivity contribution is 5.87. The fourth-order valence-corrected chi connectivity index (χ4v) is 4.13. The van der Waals surface area contributed by atoms with Crippen molar-refractivity contribution in [2.45, 2.75) is 38.5 Å². The minimum Gasteiger partial charge on any atom is -0.497 e. The fraction of sp³-hybridized carbons (Fsp3) is 0.417. The van der Waals surface area contributed by atoms with Gasteiger partial charge in [-0.05, 0) is 41.8 Å². The first-order valence-electron chi connectivity index (χ1n) is 10.8. The van der Waals surface area contributed by atoms with E-state index in [1.165, 1.54) is 19.1 Å². The number of nitrogens with one attached hydrogen (secondary N) is 1. The molecule has 32 heavy (non-hydrogen) atoms. The van der Waals surface area contributed by atoms with E-state index in [0.717, 1.165) is 16.9 Å². The van der Waals surface area contributed by atoms with Gasteiger partial charge in [-0.25, -0.2) is 4.39 Å². The van der Waals surface area contributed by atoms with E-state index in [-0.39, 0.29) is 23.7 Å². The monoisotopic (exact) mass is 442 g/mol. The third-order valence-corrected chi connectivity index (χ3v) is 5.76. The molecule has 3 rings (SSSR count). The Labute approximate surface area is 188 Å². The highest BCUT2D eigenvalue weighted by atomic mass is 19.1. The molecule has 0 radical (unpaired) electrons. The van der Waals surface area contributed by atoms with Crippen molar-refractivity contribution in [3.05, 3.63) is 65.5 Å². The van der Waals surface area contributed by atoms with Gasteiger partial charge in [0.1, 0.15) is 17.6 Å². The van der Waals surface area contributed by atoms with Gasteiger partial charge in [0.2, 0.25) is 11.8 Å². The molecule has 0 saturated carbocycles. The topological polar surface area (TPSA) is 87.9 Å². The van der Waals surface area contributed by atoms with Crippen molar-refractivity contribution in [3.63, 3.8) is 0 Å². The van der Waals surface area contributed by atoms with Gasteiger partial charge in [-0.3, -0.25) is 14.5 Å². The van der Waals surface area contributed by atoms with Crippen LogP contribution in [0.2, 0.25) is 0 Å². The summed E-state index contributed by atoms with van der Waals surface area (Å²) in [5.41, 5.74) is 7.52. The largest absolute Gasteiger partial charge is 0.497 e. The van der Waals surface area contributed by atoms with E-state index in [0.29, 0.717) is 39.1 Å². The third-order valence-electron chi connectivity index (χ3n) is 5.76. The van der Waals surface area contributed by atoms with Gasteiger partial charge in [-0.1, -0.05) is 24.3 Å². The summed E-state index contributed by atoms with van der Waals surface area (Å²) in [6, 6.07) is 13.6. The van der Waals surface area contributed by atoms with E-state index >= 15 is 0 Å². The third kappa shape index (κ3) is 6.05. The maximum Gasteiger partial charge on any atom is 0.242 e. The molecule has 2 amide bonds. The van der Waals surface area contributed by atoms with Gasteiger partial charge in [-0.2, -0.15) is 0 Å². The summed E-state index contributed by atoms with van der Waals surface area (Å²) in [7, 11) is 1.63. The molecule has 1 saturated heterocycles. The Bertz CT molecular complexity index is 922. The van der Waals surface area contributed by atoms with Crippen LogP contribution in [0.4, 0.5) is 4.39 Å². The number of carbonyl (C=O) groups excluding carboxylic acids is 2. The van der Waals surface area contributed by atoms with Crippen molar-refractivity contribution in [3.8, 4) is 5.75 Å². The van der Waals surface area contributed by atoms with Crippen molar-refractivity contribution < 1.29 is 18.7 Å². The van der Waals surface area contributed by atoms with Gasteiger partial charge in [-0.15, -0.1) is 0 Å². The van der Waals surface area contributed by atoms with Crippen LogP contribution in [-0.2, 0) is 22.7 Å². The molecule has 0 aromatic heterocycles. The number of methoxy groups -OCH3 is 1. The molecule has 1 fully saturated rings. The van der Waals surface area contributed by atoms with Crippen molar-refractivity contribution in [1.29, 1.82) is 0 Å². The van der Waals surface area contributed by atoms with Gasteiger partial charge in [0.05, 0.1) is 7.11 Å². The van der Waals surface area contributed by atoms with E-state index in [4.69, 9.17) is 10.5 Å². The lowest BCUT2D eigenvalue weighted by atomic mass is 10.1. The van der Waals surface area contributed by atoms with E-state index in [9.17, 15) is 14.0 Å². The van der Waals surface area contributed by atoms with E-state index in [2.05, 4.69) is 10.2 Å². The minimum atomic E-state index is -0.537. The summed E-state index contributed by atoms with van der Waals surface area (Å²) in [4.78, 5) is 28.8. The van der Waals surface area contributed by atoms with Crippen LogP contribution in [0.1, 0.15) is 24.5 Å². The molecule has 7 nitrogen and oxygen atoms in total. The molecule has 1 aliphatic rings. The lowest BCUT2D eigenvalue weighted by molar-refractivity contribution is -0.136. The fourth-order valence-electron chi connectivity index (χ4n) is 4.13. The first kappa shape index (κ1) is 23.7. The summed E-state index contributed by atoms with van der Waals surface area (Å²) in [6.07, 6.45) is 0.515. The molecule has 1 aliphatic heterocycles. The second-order valence-corrected chi connectivity index (χ2v) is 8.04. The quantitative estimate of drug-likeness (QED) is 0.619. The average Bonchev–Trinajstić information content (AvgIpc) is 3.24. The summed E-state index contributed by atoms with van der Waals surface area (Å²) < 4.78 is 18.8. The zero-order valence-corrected chi connectivity index (χ0v) is 18.6. The number of benzene rings is 2. The molecule has 2 aromatic rings. The number of amides is 2. The van der Waals surface area contributed by atoms with Crippen molar-refractivity contribution in [2.75, 3.05) is 26.7 Å². The number of likely N-dealkylation sites (tertiary alicyclic amines) is 1. The lowest BCUT2D eigenvalue weighted by Crippen LogP contribution is -2.46. The smallest absolute Gasteiger partial charge is 0.242 e. The molecule has 0 aliphatic carbocycles. The van der Waals surface area contributed by atoms with Crippen LogP contribution in [0, 0.1) is 5.82 Å². The molecule has 8 heteroatoms. The number of nitrogens with zero attached hydrogens (tertiary/aromatic N) is 2. The number of carbonyl (C=O) groups is 2. The molecule has 172 valence electrons. The molecule has 0 spiro atoms. The Morgan fingerprint density at radius 1 is 1.19 bits per heavy atom. The maximum absolute atomic E-state index is 13.4. The Morgan fingerprint density at radius 3 is 2.56 bits per heavy atom. The second-order valence-electron chi connectivity index (χ2n) is 8.04. The maximum atomic E-state index is 13.4. The Hall–Kier alpha value is -2.97. The van der Waals surface area contributed by atoms with Crippen LogP contribution < -0.4 is 15.8 Å². The number of nitrogens with two attached hydrogens (primary N) is 1. The number of rotatable bonds is 9. The lowest BCUT2D eigenvalue weighted by Gasteiger charge is -2.29. The molecular formula is C24H31FN4O3. The van der Waals surface area contributed by atoms with E-state index in [1.807, 2.05) is 24.3 Å². The van der Waals surface area contributed by atoms with Crippen molar-refractivity contribution in [2.24, 2.45) is 5.73 Å². The molecule has 2 unspecified atom stereocenters. The van der Waals surface area contributed by atoms with Crippen LogP contribution in [0.5, 0.6) is 5.75 Å². The summed E-state index contributed by atoms with van der Waals surface area (Å²) in [5.74, 6) is 0.160. The van der Waals surface area contributed by atoms with Crippen LogP contribution >= 0.6 is 0 Å². The van der Waals surface area contributed by atoms with Crippen molar-refractivity contribution in [1.82, 2.24) is 15.1 Å². The van der Waals surface area contributed by atoms with Gasteiger partial charge in [0, 0.05) is 45.7 Å². The highest BCUT2D eigenvalue weighted by Crippen LogP contribution is 2.27. The second kappa shape index (κ2) is 11.1. The summed E-state index contributed by atoms with van der Waals surface area (Å²) >= 11 is 0. The van der Waals surface area contributed by atoms with E-state index in [1.54, 1.807) is 24.1 Å². The first-order chi connectivity index (χ1) is 15.4. The zero-order chi connectivity index (χ0) is 23.1. The van der Waals surface area contributed by atoms with Crippen LogP contribution in [-0.4, -0.2) is 60.4 Å². The molecule has 1 heterocycles. The van der Waals surface area contributed by atoms with Gasteiger partial charge < -0.3 is 20.7 Å². The number of hydrogen-bond acceptors (Lipinski definition) is 5. The first-order valence-corrected chi connectivity index (χ1v) is 10.8. The van der Waals surface area contributed by atoms with Crippen LogP contribution in [0.3, 0.4) is 0 Å². The number of halogens is 1. The van der Waals surface area contributed by atoms with Gasteiger partial charge >= 0.3 is 0 Å². The molecule has 2 aromatic carbocycles. The molecule has 3 N–H and O–H groups in total.